The largest absolute Gasteiger partial charge is 0.331 e. The van der Waals surface area contributed by atoms with Crippen molar-refractivity contribution in [3.63, 3.8) is 0 Å². The predicted molar refractivity (Wildman–Crippen MR) is 106 cm³/mol. The average Bonchev–Trinajstić information content (AvgIpc) is 2.73. The molecule has 0 saturated carbocycles. The Kier molecular flexibility index (Phi) is 7.16. The van der Waals surface area contributed by atoms with Gasteiger partial charge in [0, 0.05) is 51.3 Å². The molecule has 1 aliphatic heterocycles. The summed E-state index contributed by atoms with van der Waals surface area (Å²) in [5.41, 5.74) is 2.15. The standard InChI is InChI=1S/C21H29N5O/c1-2-3-9-20(18-7-6-10-22-16-18)24-21(27)26-14-12-25(13-15-26)17-19-8-4-5-11-23-19/h4-8,10-11,16,20H,2-3,9,12-15,17H2,1H3,(H,24,27)/t20-/m0/s1. The number of carbonyl (C=O) groups excluding carboxylic acids is 1. The number of urea groups is 1. The number of nitrogens with one attached hydrogen (secondary N) is 1. The summed E-state index contributed by atoms with van der Waals surface area (Å²) in [6, 6.07) is 10.0. The lowest BCUT2D eigenvalue weighted by Crippen LogP contribution is -2.52. The molecule has 0 spiro atoms. The third-order valence-electron chi connectivity index (χ3n) is 5.00. The van der Waals surface area contributed by atoms with Crippen molar-refractivity contribution in [3.05, 3.63) is 60.2 Å². The summed E-state index contributed by atoms with van der Waals surface area (Å²) in [5.74, 6) is 0. The molecule has 27 heavy (non-hydrogen) atoms. The van der Waals surface area contributed by atoms with Crippen LogP contribution in [-0.4, -0.2) is 52.0 Å². The Morgan fingerprint density at radius 3 is 2.67 bits per heavy atom. The average molecular weight is 367 g/mol. The van der Waals surface area contributed by atoms with Crippen LogP contribution in [-0.2, 0) is 6.54 Å². The molecule has 1 atom stereocenters. The summed E-state index contributed by atoms with van der Waals surface area (Å²) >= 11 is 0. The molecule has 144 valence electrons. The van der Waals surface area contributed by atoms with Crippen LogP contribution in [0.5, 0.6) is 0 Å². The number of pyridine rings is 2. The van der Waals surface area contributed by atoms with Crippen molar-refractivity contribution in [2.75, 3.05) is 26.2 Å². The van der Waals surface area contributed by atoms with Crippen LogP contribution in [0.1, 0.15) is 43.5 Å². The van der Waals surface area contributed by atoms with Crippen molar-refractivity contribution in [1.82, 2.24) is 25.1 Å². The van der Waals surface area contributed by atoms with Crippen LogP contribution >= 0.6 is 0 Å². The molecular formula is C21H29N5O. The van der Waals surface area contributed by atoms with Gasteiger partial charge < -0.3 is 10.2 Å². The molecule has 1 N–H and O–H groups in total. The molecule has 0 unspecified atom stereocenters. The van der Waals surface area contributed by atoms with Gasteiger partial charge in [-0.1, -0.05) is 31.9 Å². The van der Waals surface area contributed by atoms with Crippen LogP contribution < -0.4 is 5.32 Å². The maximum atomic E-state index is 12.8. The molecule has 2 aromatic rings. The van der Waals surface area contributed by atoms with Gasteiger partial charge in [0.2, 0.25) is 0 Å². The molecular weight excluding hydrogens is 338 g/mol. The van der Waals surface area contributed by atoms with Gasteiger partial charge in [-0.25, -0.2) is 4.79 Å². The highest BCUT2D eigenvalue weighted by Crippen LogP contribution is 2.19. The van der Waals surface area contributed by atoms with Crippen molar-refractivity contribution in [1.29, 1.82) is 0 Å². The van der Waals surface area contributed by atoms with Gasteiger partial charge in [-0.2, -0.15) is 0 Å². The Balaban J connectivity index is 1.51. The number of hydrogen-bond donors (Lipinski definition) is 1. The third kappa shape index (κ3) is 5.76. The summed E-state index contributed by atoms with van der Waals surface area (Å²) in [6.07, 6.45) is 8.58. The normalized spacial score (nSPS) is 16.1. The number of piperazine rings is 1. The summed E-state index contributed by atoms with van der Waals surface area (Å²) in [6.45, 7) is 6.24. The molecule has 3 heterocycles. The fourth-order valence-corrected chi connectivity index (χ4v) is 3.38. The van der Waals surface area contributed by atoms with E-state index in [-0.39, 0.29) is 12.1 Å². The molecule has 2 amide bonds. The Hall–Kier alpha value is -2.47. The summed E-state index contributed by atoms with van der Waals surface area (Å²) in [5, 5.41) is 3.22. The Morgan fingerprint density at radius 2 is 2.00 bits per heavy atom. The summed E-state index contributed by atoms with van der Waals surface area (Å²) in [7, 11) is 0. The second-order valence-electron chi connectivity index (χ2n) is 7.01. The number of rotatable bonds is 7. The minimum atomic E-state index is 0.0254. The zero-order chi connectivity index (χ0) is 18.9. The molecule has 6 heteroatoms. The number of aromatic nitrogens is 2. The first kappa shape index (κ1) is 19.3. The monoisotopic (exact) mass is 367 g/mol. The minimum absolute atomic E-state index is 0.0254. The van der Waals surface area contributed by atoms with Crippen LogP contribution in [0.3, 0.4) is 0 Å². The van der Waals surface area contributed by atoms with Gasteiger partial charge in [0.1, 0.15) is 0 Å². The Labute approximate surface area is 161 Å². The van der Waals surface area contributed by atoms with E-state index in [1.807, 2.05) is 47.6 Å². The van der Waals surface area contributed by atoms with E-state index in [9.17, 15) is 4.79 Å². The lowest BCUT2D eigenvalue weighted by Gasteiger charge is -2.35. The molecule has 6 nitrogen and oxygen atoms in total. The first-order valence-electron chi connectivity index (χ1n) is 9.84. The van der Waals surface area contributed by atoms with Gasteiger partial charge >= 0.3 is 6.03 Å². The molecule has 2 aromatic heterocycles. The molecule has 1 aliphatic rings. The fourth-order valence-electron chi connectivity index (χ4n) is 3.38. The zero-order valence-electron chi connectivity index (χ0n) is 16.1. The van der Waals surface area contributed by atoms with Crippen LogP contribution in [0.4, 0.5) is 4.79 Å². The second kappa shape index (κ2) is 10.0. The zero-order valence-corrected chi connectivity index (χ0v) is 16.1. The number of unbranched alkanes of at least 4 members (excludes halogenated alkanes) is 1. The number of amides is 2. The second-order valence-corrected chi connectivity index (χ2v) is 7.01. The quantitative estimate of drug-likeness (QED) is 0.816. The lowest BCUT2D eigenvalue weighted by atomic mass is 10.0. The first-order valence-corrected chi connectivity index (χ1v) is 9.84. The molecule has 1 saturated heterocycles. The fraction of sp³-hybridized carbons (Fsp3) is 0.476. The lowest BCUT2D eigenvalue weighted by molar-refractivity contribution is 0.132. The molecule has 0 bridgehead atoms. The highest BCUT2D eigenvalue weighted by molar-refractivity contribution is 5.74. The Morgan fingerprint density at radius 1 is 1.15 bits per heavy atom. The van der Waals surface area contributed by atoms with Crippen molar-refractivity contribution in [2.45, 2.75) is 38.8 Å². The van der Waals surface area contributed by atoms with Crippen LogP contribution in [0, 0.1) is 0 Å². The van der Waals surface area contributed by atoms with Crippen LogP contribution in [0.25, 0.3) is 0 Å². The van der Waals surface area contributed by atoms with Gasteiger partial charge in [0.15, 0.2) is 0 Å². The molecule has 1 fully saturated rings. The van der Waals surface area contributed by atoms with Gasteiger partial charge in [-0.3, -0.25) is 14.9 Å². The number of hydrogen-bond acceptors (Lipinski definition) is 4. The van der Waals surface area contributed by atoms with Crippen molar-refractivity contribution in [2.24, 2.45) is 0 Å². The maximum absolute atomic E-state index is 12.8. The van der Waals surface area contributed by atoms with E-state index in [2.05, 4.69) is 27.1 Å². The van der Waals surface area contributed by atoms with E-state index in [0.29, 0.717) is 0 Å². The summed E-state index contributed by atoms with van der Waals surface area (Å²) in [4.78, 5) is 25.6. The first-order chi connectivity index (χ1) is 13.3. The SMILES string of the molecule is CCCC[C@H](NC(=O)N1CCN(Cc2ccccn2)CC1)c1cccnc1. The highest BCUT2D eigenvalue weighted by Gasteiger charge is 2.23. The van der Waals surface area contributed by atoms with Crippen LogP contribution in [0.2, 0.25) is 0 Å². The maximum Gasteiger partial charge on any atom is 0.317 e. The Bertz CT molecular complexity index is 686. The molecule has 3 rings (SSSR count). The molecule has 0 radical (unpaired) electrons. The van der Waals surface area contributed by atoms with E-state index in [4.69, 9.17) is 0 Å². The minimum Gasteiger partial charge on any atom is -0.331 e. The summed E-state index contributed by atoms with van der Waals surface area (Å²) < 4.78 is 0. The van der Waals surface area contributed by atoms with Gasteiger partial charge in [-0.15, -0.1) is 0 Å². The topological polar surface area (TPSA) is 61.4 Å². The molecule has 0 aliphatic carbocycles. The van der Waals surface area contributed by atoms with E-state index >= 15 is 0 Å². The van der Waals surface area contributed by atoms with E-state index in [1.54, 1.807) is 6.20 Å². The van der Waals surface area contributed by atoms with E-state index < -0.39 is 0 Å². The number of carbonyl (C=O) groups is 1. The van der Waals surface area contributed by atoms with Crippen LogP contribution in [0.15, 0.2) is 48.9 Å². The van der Waals surface area contributed by atoms with Crippen molar-refractivity contribution < 1.29 is 4.79 Å². The van der Waals surface area contributed by atoms with Crippen molar-refractivity contribution >= 4 is 6.03 Å². The van der Waals surface area contributed by atoms with Gasteiger partial charge in [0.25, 0.3) is 0 Å². The highest BCUT2D eigenvalue weighted by atomic mass is 16.2. The predicted octanol–water partition coefficient (Wildman–Crippen LogP) is 3.24. The van der Waals surface area contributed by atoms with Crippen molar-refractivity contribution in [3.8, 4) is 0 Å². The molecule has 0 aromatic carbocycles. The number of nitrogens with zero attached hydrogens (tertiary/aromatic N) is 4. The van der Waals surface area contributed by atoms with E-state index in [1.165, 1.54) is 0 Å². The van der Waals surface area contributed by atoms with Gasteiger partial charge in [0.05, 0.1) is 11.7 Å². The third-order valence-corrected chi connectivity index (χ3v) is 5.00. The van der Waals surface area contributed by atoms with Gasteiger partial charge in [-0.05, 0) is 30.2 Å². The van der Waals surface area contributed by atoms with E-state index in [0.717, 1.165) is 63.2 Å². The smallest absolute Gasteiger partial charge is 0.317 e.